The Morgan fingerprint density at radius 1 is 1.18 bits per heavy atom. The largest absolute Gasteiger partial charge is 0.342 e. The zero-order chi connectivity index (χ0) is 19.7. The molecule has 6 heteroatoms. The van der Waals surface area contributed by atoms with Crippen LogP contribution in [0.3, 0.4) is 0 Å². The zero-order valence-electron chi connectivity index (χ0n) is 16.0. The van der Waals surface area contributed by atoms with Crippen molar-refractivity contribution >= 4 is 23.4 Å². The van der Waals surface area contributed by atoms with Crippen LogP contribution in [0.25, 0.3) is 0 Å². The number of carbonyl (C=O) groups excluding carboxylic acids is 2. The molecule has 3 aliphatic rings. The van der Waals surface area contributed by atoms with Crippen molar-refractivity contribution in [3.8, 4) is 6.07 Å². The Bertz CT molecular complexity index is 814. The Balaban J connectivity index is 1.42. The van der Waals surface area contributed by atoms with Crippen molar-refractivity contribution in [2.45, 2.75) is 56.4 Å². The van der Waals surface area contributed by atoms with Crippen LogP contribution in [0.15, 0.2) is 24.3 Å². The van der Waals surface area contributed by atoms with E-state index in [1.165, 1.54) is 5.56 Å². The maximum absolute atomic E-state index is 13.3. The third kappa shape index (κ3) is 3.89. The van der Waals surface area contributed by atoms with Gasteiger partial charge < -0.3 is 10.2 Å². The fraction of sp³-hybridized carbons (Fsp3) is 0.591. The summed E-state index contributed by atoms with van der Waals surface area (Å²) in [5.74, 6) is -0.278. The molecule has 1 heterocycles. The molecule has 148 valence electrons. The van der Waals surface area contributed by atoms with Crippen LogP contribution in [0.5, 0.6) is 0 Å². The Morgan fingerprint density at radius 3 is 2.61 bits per heavy atom. The van der Waals surface area contributed by atoms with Crippen molar-refractivity contribution in [1.29, 1.82) is 5.26 Å². The van der Waals surface area contributed by atoms with Crippen molar-refractivity contribution in [3.05, 3.63) is 34.9 Å². The van der Waals surface area contributed by atoms with Crippen LogP contribution >= 0.6 is 11.6 Å². The highest BCUT2D eigenvalue weighted by atomic mass is 35.5. The number of hydrogen-bond donors (Lipinski definition) is 1. The number of nitrogens with zero attached hydrogens (tertiary/aromatic N) is 2. The van der Waals surface area contributed by atoms with Crippen LogP contribution in [0, 0.1) is 23.2 Å². The summed E-state index contributed by atoms with van der Waals surface area (Å²) in [6.07, 6.45) is 5.79. The van der Waals surface area contributed by atoms with E-state index in [0.29, 0.717) is 25.3 Å². The molecule has 5 nitrogen and oxygen atoms in total. The molecule has 0 radical (unpaired) electrons. The molecule has 0 bridgehead atoms. The van der Waals surface area contributed by atoms with E-state index >= 15 is 0 Å². The van der Waals surface area contributed by atoms with Gasteiger partial charge in [0.2, 0.25) is 11.8 Å². The van der Waals surface area contributed by atoms with Gasteiger partial charge in [0, 0.05) is 35.9 Å². The van der Waals surface area contributed by atoms with Crippen LogP contribution in [-0.4, -0.2) is 35.3 Å². The molecular weight excluding hydrogens is 374 g/mol. The molecule has 4 rings (SSSR count). The first-order valence-electron chi connectivity index (χ1n) is 10.3. The van der Waals surface area contributed by atoms with Crippen molar-refractivity contribution in [2.75, 3.05) is 13.1 Å². The van der Waals surface area contributed by atoms with Crippen LogP contribution < -0.4 is 5.32 Å². The lowest BCUT2D eigenvalue weighted by Crippen LogP contribution is -2.47. The van der Waals surface area contributed by atoms with Gasteiger partial charge in [0.15, 0.2) is 0 Å². The molecule has 1 saturated heterocycles. The second-order valence-electron chi connectivity index (χ2n) is 8.51. The van der Waals surface area contributed by atoms with Gasteiger partial charge in [-0.15, -0.1) is 0 Å². The van der Waals surface area contributed by atoms with E-state index in [0.717, 1.165) is 43.7 Å². The molecule has 1 unspecified atom stereocenters. The SMILES string of the molecule is N#CC1(NC(=O)[C@@H]2CCCC[C@H]2C(=O)N2CCC(c3cccc(Cl)c3)C2)CC1. The predicted octanol–water partition coefficient (Wildman–Crippen LogP) is 3.63. The highest BCUT2D eigenvalue weighted by molar-refractivity contribution is 6.30. The maximum Gasteiger partial charge on any atom is 0.226 e. The molecular formula is C22H26ClN3O2. The first kappa shape index (κ1) is 19.3. The van der Waals surface area contributed by atoms with Gasteiger partial charge in [0.25, 0.3) is 0 Å². The molecule has 1 N–H and O–H groups in total. The highest BCUT2D eigenvalue weighted by Crippen LogP contribution is 2.38. The minimum absolute atomic E-state index is 0.103. The number of hydrogen-bond acceptors (Lipinski definition) is 3. The number of nitrogens with one attached hydrogen (secondary N) is 1. The molecule has 1 aliphatic heterocycles. The van der Waals surface area contributed by atoms with E-state index in [1.54, 1.807) is 0 Å². The Hall–Kier alpha value is -2.06. The third-order valence-electron chi connectivity index (χ3n) is 6.57. The van der Waals surface area contributed by atoms with E-state index in [2.05, 4.69) is 17.5 Å². The summed E-state index contributed by atoms with van der Waals surface area (Å²) in [7, 11) is 0. The van der Waals surface area contributed by atoms with E-state index in [9.17, 15) is 14.9 Å². The van der Waals surface area contributed by atoms with Crippen LogP contribution in [-0.2, 0) is 9.59 Å². The Labute approximate surface area is 171 Å². The number of halogens is 1. The third-order valence-corrected chi connectivity index (χ3v) is 6.80. The molecule has 1 aromatic carbocycles. The summed E-state index contributed by atoms with van der Waals surface area (Å²) < 4.78 is 0. The molecule has 0 aromatic heterocycles. The first-order valence-corrected chi connectivity index (χ1v) is 10.7. The number of benzene rings is 1. The van der Waals surface area contributed by atoms with Crippen molar-refractivity contribution in [2.24, 2.45) is 11.8 Å². The standard InChI is InChI=1S/C22H26ClN3O2/c23-17-5-3-4-15(12-17)16-8-11-26(13-16)21(28)19-7-2-1-6-18(19)20(27)25-22(14-24)9-10-22/h3-5,12,16,18-19H,1-2,6-11,13H2,(H,25,27)/t16?,18-,19-/m1/s1. The van der Waals surface area contributed by atoms with E-state index < -0.39 is 5.54 Å². The minimum Gasteiger partial charge on any atom is -0.342 e. The monoisotopic (exact) mass is 399 g/mol. The van der Waals surface area contributed by atoms with Gasteiger partial charge in [-0.3, -0.25) is 9.59 Å². The van der Waals surface area contributed by atoms with Gasteiger partial charge in [0.1, 0.15) is 5.54 Å². The first-order chi connectivity index (χ1) is 13.5. The van der Waals surface area contributed by atoms with Crippen molar-refractivity contribution in [3.63, 3.8) is 0 Å². The lowest BCUT2D eigenvalue weighted by Gasteiger charge is -2.33. The van der Waals surface area contributed by atoms with E-state index in [1.807, 2.05) is 23.1 Å². The molecule has 2 saturated carbocycles. The van der Waals surface area contributed by atoms with Crippen molar-refractivity contribution < 1.29 is 9.59 Å². The average molecular weight is 400 g/mol. The number of carbonyl (C=O) groups is 2. The van der Waals surface area contributed by atoms with E-state index in [-0.39, 0.29) is 23.7 Å². The molecule has 28 heavy (non-hydrogen) atoms. The van der Waals surface area contributed by atoms with Gasteiger partial charge in [-0.25, -0.2) is 0 Å². The number of amides is 2. The molecule has 3 fully saturated rings. The molecule has 2 aliphatic carbocycles. The van der Waals surface area contributed by atoms with Crippen LogP contribution in [0.1, 0.15) is 56.4 Å². The molecule has 3 atom stereocenters. The summed E-state index contributed by atoms with van der Waals surface area (Å²) in [6.45, 7) is 1.41. The number of rotatable bonds is 4. The highest BCUT2D eigenvalue weighted by Gasteiger charge is 2.47. The summed E-state index contributed by atoms with van der Waals surface area (Å²) >= 11 is 6.12. The summed E-state index contributed by atoms with van der Waals surface area (Å²) in [5.41, 5.74) is 0.499. The summed E-state index contributed by atoms with van der Waals surface area (Å²) in [6, 6.07) is 10.1. The topological polar surface area (TPSA) is 73.2 Å². The quantitative estimate of drug-likeness (QED) is 0.840. The zero-order valence-corrected chi connectivity index (χ0v) is 16.8. The van der Waals surface area contributed by atoms with Crippen LogP contribution in [0.2, 0.25) is 5.02 Å². The summed E-state index contributed by atoms with van der Waals surface area (Å²) in [4.78, 5) is 28.0. The average Bonchev–Trinajstić information content (AvgIpc) is 3.31. The smallest absolute Gasteiger partial charge is 0.226 e. The second kappa shape index (κ2) is 7.75. The lowest BCUT2D eigenvalue weighted by atomic mass is 9.77. The second-order valence-corrected chi connectivity index (χ2v) is 8.94. The predicted molar refractivity (Wildman–Crippen MR) is 107 cm³/mol. The van der Waals surface area contributed by atoms with Gasteiger partial charge >= 0.3 is 0 Å². The van der Waals surface area contributed by atoms with Crippen molar-refractivity contribution in [1.82, 2.24) is 10.2 Å². The lowest BCUT2D eigenvalue weighted by molar-refractivity contribution is -0.143. The number of likely N-dealkylation sites (tertiary alicyclic amines) is 1. The Morgan fingerprint density at radius 2 is 1.93 bits per heavy atom. The van der Waals surface area contributed by atoms with Gasteiger partial charge in [-0.2, -0.15) is 5.26 Å². The fourth-order valence-electron chi connectivity index (χ4n) is 4.69. The molecule has 2 amide bonds. The molecule has 1 aromatic rings. The fourth-order valence-corrected chi connectivity index (χ4v) is 4.88. The number of nitriles is 1. The summed E-state index contributed by atoms with van der Waals surface area (Å²) in [5, 5.41) is 12.9. The Kier molecular flexibility index (Phi) is 5.33. The normalized spacial score (nSPS) is 28.4. The van der Waals surface area contributed by atoms with Gasteiger partial charge in [0.05, 0.1) is 6.07 Å². The van der Waals surface area contributed by atoms with Gasteiger partial charge in [-0.05, 0) is 49.8 Å². The maximum atomic E-state index is 13.3. The van der Waals surface area contributed by atoms with E-state index in [4.69, 9.17) is 11.6 Å². The minimum atomic E-state index is -0.673. The van der Waals surface area contributed by atoms with Gasteiger partial charge in [-0.1, -0.05) is 36.6 Å². The van der Waals surface area contributed by atoms with Crippen LogP contribution in [0.4, 0.5) is 0 Å². The molecule has 0 spiro atoms.